The zero-order valence-corrected chi connectivity index (χ0v) is 14.3. The Morgan fingerprint density at radius 1 is 1.33 bits per heavy atom. The van der Waals surface area contributed by atoms with E-state index in [1.165, 1.54) is 16.9 Å². The number of aryl methyl sites for hydroxylation is 1. The molecule has 0 radical (unpaired) electrons. The number of amides is 1. The average molecular weight is 304 g/mol. The number of thiophene rings is 1. The van der Waals surface area contributed by atoms with Crippen molar-refractivity contribution in [3.05, 3.63) is 28.6 Å². The molecule has 1 aromatic heterocycles. The molecule has 1 unspecified atom stereocenters. The molecule has 2 rings (SSSR count). The highest BCUT2D eigenvalue weighted by molar-refractivity contribution is 7.21. The van der Waals surface area contributed by atoms with E-state index >= 15 is 0 Å². The number of hydrogen-bond donors (Lipinski definition) is 1. The number of carbonyl (C=O) groups is 1. The molecule has 0 fully saturated rings. The first kappa shape index (κ1) is 15.8. The van der Waals surface area contributed by atoms with Crippen molar-refractivity contribution in [2.24, 2.45) is 5.92 Å². The van der Waals surface area contributed by atoms with Gasteiger partial charge in [-0.2, -0.15) is 0 Å². The zero-order valence-electron chi connectivity index (χ0n) is 13.4. The number of carbonyl (C=O) groups excluding carboxylic acids is 1. The number of rotatable bonds is 4. The molecule has 2 aromatic rings. The Hall–Kier alpha value is -1.55. The first-order valence-electron chi connectivity index (χ1n) is 7.37. The number of fused-ring (bicyclic) bond motifs is 1. The van der Waals surface area contributed by atoms with Crippen LogP contribution in [0.2, 0.25) is 0 Å². The van der Waals surface area contributed by atoms with E-state index in [-0.39, 0.29) is 11.9 Å². The SMILES string of the molecule is Cc1ccc2c(N)c(C(=O)N(C)C(C)CC(C)C)sc2c1. The van der Waals surface area contributed by atoms with Crippen molar-refractivity contribution in [1.82, 2.24) is 4.90 Å². The summed E-state index contributed by atoms with van der Waals surface area (Å²) in [5.74, 6) is 0.595. The van der Waals surface area contributed by atoms with E-state index in [1.54, 1.807) is 0 Å². The van der Waals surface area contributed by atoms with Crippen LogP contribution < -0.4 is 5.73 Å². The lowest BCUT2D eigenvalue weighted by molar-refractivity contribution is 0.0734. The van der Waals surface area contributed by atoms with Crippen LogP contribution >= 0.6 is 11.3 Å². The van der Waals surface area contributed by atoms with E-state index < -0.39 is 0 Å². The minimum atomic E-state index is 0.0273. The summed E-state index contributed by atoms with van der Waals surface area (Å²) in [6.45, 7) is 8.48. The average Bonchev–Trinajstić information content (AvgIpc) is 2.73. The third-order valence-corrected chi connectivity index (χ3v) is 5.03. The van der Waals surface area contributed by atoms with Crippen LogP contribution in [-0.2, 0) is 0 Å². The Balaban J connectivity index is 2.33. The summed E-state index contributed by atoms with van der Waals surface area (Å²) in [5, 5.41) is 0.985. The van der Waals surface area contributed by atoms with Gasteiger partial charge in [-0.3, -0.25) is 4.79 Å². The molecule has 0 saturated carbocycles. The molecule has 4 heteroatoms. The minimum absolute atomic E-state index is 0.0273. The fraction of sp³-hybridized carbons (Fsp3) is 0.471. The molecule has 0 spiro atoms. The third-order valence-electron chi connectivity index (χ3n) is 3.87. The fourth-order valence-electron chi connectivity index (χ4n) is 2.58. The summed E-state index contributed by atoms with van der Waals surface area (Å²) < 4.78 is 1.08. The number of nitrogens with zero attached hydrogens (tertiary/aromatic N) is 1. The standard InChI is InChI=1S/C17H24N2OS/c1-10(2)8-12(4)19(5)17(20)16-15(18)13-7-6-11(3)9-14(13)21-16/h6-7,9-10,12H,8,18H2,1-5H3. The molecule has 1 atom stereocenters. The second kappa shape index (κ2) is 6.06. The molecule has 1 aromatic carbocycles. The van der Waals surface area contributed by atoms with Crippen LogP contribution in [0.3, 0.4) is 0 Å². The molecular formula is C17H24N2OS. The van der Waals surface area contributed by atoms with Crippen LogP contribution in [0.15, 0.2) is 18.2 Å². The van der Waals surface area contributed by atoms with Crippen molar-refractivity contribution in [1.29, 1.82) is 0 Å². The summed E-state index contributed by atoms with van der Waals surface area (Å²) in [7, 11) is 1.87. The summed E-state index contributed by atoms with van der Waals surface area (Å²) in [6, 6.07) is 6.34. The van der Waals surface area contributed by atoms with Gasteiger partial charge in [-0.15, -0.1) is 11.3 Å². The highest BCUT2D eigenvalue weighted by atomic mass is 32.1. The van der Waals surface area contributed by atoms with Crippen LogP contribution in [0.5, 0.6) is 0 Å². The van der Waals surface area contributed by atoms with E-state index in [9.17, 15) is 4.79 Å². The predicted octanol–water partition coefficient (Wildman–Crippen LogP) is 4.30. The molecule has 1 heterocycles. The van der Waals surface area contributed by atoms with Gasteiger partial charge in [0.05, 0.1) is 5.69 Å². The van der Waals surface area contributed by atoms with Gasteiger partial charge < -0.3 is 10.6 Å². The van der Waals surface area contributed by atoms with E-state index in [2.05, 4.69) is 26.8 Å². The first-order chi connectivity index (χ1) is 9.81. The van der Waals surface area contributed by atoms with Crippen molar-refractivity contribution >= 4 is 33.0 Å². The summed E-state index contributed by atoms with van der Waals surface area (Å²) in [6.07, 6.45) is 0.992. The minimum Gasteiger partial charge on any atom is -0.397 e. The largest absolute Gasteiger partial charge is 0.397 e. The van der Waals surface area contributed by atoms with Crippen LogP contribution in [0.1, 0.15) is 42.4 Å². The molecule has 0 aliphatic carbocycles. The number of nitrogens with two attached hydrogens (primary N) is 1. The third kappa shape index (κ3) is 3.21. The first-order valence-corrected chi connectivity index (χ1v) is 8.18. The van der Waals surface area contributed by atoms with E-state index in [1.807, 2.05) is 31.0 Å². The molecule has 21 heavy (non-hydrogen) atoms. The maximum absolute atomic E-state index is 12.7. The Morgan fingerprint density at radius 2 is 2.00 bits per heavy atom. The van der Waals surface area contributed by atoms with Gasteiger partial charge in [0.15, 0.2) is 0 Å². The molecule has 0 aliphatic rings. The van der Waals surface area contributed by atoms with Gasteiger partial charge in [-0.1, -0.05) is 26.0 Å². The van der Waals surface area contributed by atoms with Crippen LogP contribution in [0.4, 0.5) is 5.69 Å². The van der Waals surface area contributed by atoms with Gasteiger partial charge in [0.1, 0.15) is 4.88 Å². The monoisotopic (exact) mass is 304 g/mol. The van der Waals surface area contributed by atoms with E-state index in [0.717, 1.165) is 16.5 Å². The van der Waals surface area contributed by atoms with Crippen LogP contribution in [-0.4, -0.2) is 23.9 Å². The molecule has 114 valence electrons. The highest BCUT2D eigenvalue weighted by Crippen LogP contribution is 2.35. The van der Waals surface area contributed by atoms with Crippen molar-refractivity contribution in [3.8, 4) is 0 Å². The zero-order chi connectivity index (χ0) is 15.7. The van der Waals surface area contributed by atoms with Crippen molar-refractivity contribution in [2.75, 3.05) is 12.8 Å². The number of benzene rings is 1. The molecule has 3 nitrogen and oxygen atoms in total. The normalized spacial score (nSPS) is 12.9. The van der Waals surface area contributed by atoms with Gasteiger partial charge in [-0.25, -0.2) is 0 Å². The predicted molar refractivity (Wildman–Crippen MR) is 92.0 cm³/mol. The van der Waals surface area contributed by atoms with Gasteiger partial charge in [-0.05, 0) is 37.8 Å². The lowest BCUT2D eigenvalue weighted by atomic mass is 10.0. The second-order valence-corrected chi connectivity index (χ2v) is 7.29. The number of hydrogen-bond acceptors (Lipinski definition) is 3. The highest BCUT2D eigenvalue weighted by Gasteiger charge is 2.23. The van der Waals surface area contributed by atoms with E-state index in [0.29, 0.717) is 16.5 Å². The van der Waals surface area contributed by atoms with Gasteiger partial charge in [0.25, 0.3) is 5.91 Å². The number of anilines is 1. The summed E-state index contributed by atoms with van der Waals surface area (Å²) in [4.78, 5) is 15.2. The van der Waals surface area contributed by atoms with Crippen molar-refractivity contribution in [2.45, 2.75) is 40.2 Å². The summed E-state index contributed by atoms with van der Waals surface area (Å²) >= 11 is 1.49. The molecule has 0 bridgehead atoms. The smallest absolute Gasteiger partial charge is 0.266 e. The molecule has 0 aliphatic heterocycles. The fourth-order valence-corrected chi connectivity index (χ4v) is 3.79. The second-order valence-electron chi connectivity index (χ2n) is 6.24. The Bertz CT molecular complexity index is 660. The molecule has 1 amide bonds. The van der Waals surface area contributed by atoms with Crippen molar-refractivity contribution in [3.63, 3.8) is 0 Å². The van der Waals surface area contributed by atoms with Gasteiger partial charge >= 0.3 is 0 Å². The van der Waals surface area contributed by atoms with Crippen molar-refractivity contribution < 1.29 is 4.79 Å². The lowest BCUT2D eigenvalue weighted by Gasteiger charge is -2.26. The van der Waals surface area contributed by atoms with Gasteiger partial charge in [0, 0.05) is 23.2 Å². The van der Waals surface area contributed by atoms with E-state index in [4.69, 9.17) is 5.73 Å². The maximum atomic E-state index is 12.7. The Kier molecular flexibility index (Phi) is 4.57. The van der Waals surface area contributed by atoms with Gasteiger partial charge in [0.2, 0.25) is 0 Å². The van der Waals surface area contributed by atoms with Crippen LogP contribution in [0.25, 0.3) is 10.1 Å². The number of nitrogen functional groups attached to an aromatic ring is 1. The topological polar surface area (TPSA) is 46.3 Å². The molecule has 2 N–H and O–H groups in total. The maximum Gasteiger partial charge on any atom is 0.266 e. The van der Waals surface area contributed by atoms with Crippen LogP contribution in [0, 0.1) is 12.8 Å². The Labute approximate surface area is 130 Å². The lowest BCUT2D eigenvalue weighted by Crippen LogP contribution is -2.35. The quantitative estimate of drug-likeness (QED) is 0.915. The molecule has 0 saturated heterocycles. The summed E-state index contributed by atoms with van der Waals surface area (Å²) in [5.41, 5.74) is 7.99. The Morgan fingerprint density at radius 3 is 2.62 bits per heavy atom. The molecular weight excluding hydrogens is 280 g/mol.